The van der Waals surface area contributed by atoms with Crippen LogP contribution in [0.3, 0.4) is 0 Å². The highest BCUT2D eigenvalue weighted by Crippen LogP contribution is 2.57. The van der Waals surface area contributed by atoms with Crippen LogP contribution in [0.15, 0.2) is 65.7 Å². The third-order valence-electron chi connectivity index (χ3n) is 14.3. The summed E-state index contributed by atoms with van der Waals surface area (Å²) in [6.45, 7) is 9.63. The van der Waals surface area contributed by atoms with Crippen LogP contribution in [0.1, 0.15) is 92.0 Å². The normalized spacial score (nSPS) is 19.6. The molecular formula is C54H67N9O13. The number of amides is 7. The lowest BCUT2D eigenvalue weighted by Crippen LogP contribution is -2.55. The summed E-state index contributed by atoms with van der Waals surface area (Å²) in [5.74, 6) is -1.63. The number of carbonyl (C=O) groups excluding carboxylic acids is 7. The number of ether oxygens (including phenoxy) is 5. The Morgan fingerprint density at radius 2 is 1.50 bits per heavy atom. The van der Waals surface area contributed by atoms with Crippen LogP contribution >= 0.6 is 0 Å². The predicted octanol–water partition coefficient (Wildman–Crippen LogP) is 3.95. The van der Waals surface area contributed by atoms with Gasteiger partial charge in [0.2, 0.25) is 23.6 Å². The number of aliphatic hydroxyl groups is 1. The Kier molecular flexibility index (Phi) is 16.8. The number of rotatable bonds is 21. The lowest BCUT2D eigenvalue weighted by Gasteiger charge is -2.31. The lowest BCUT2D eigenvalue weighted by molar-refractivity contribution is -0.132. The molecule has 5 atom stereocenters. The van der Waals surface area contributed by atoms with Crippen LogP contribution in [0.2, 0.25) is 0 Å². The van der Waals surface area contributed by atoms with Gasteiger partial charge in [-0.15, -0.1) is 0 Å². The van der Waals surface area contributed by atoms with E-state index in [1.807, 2.05) is 0 Å². The van der Waals surface area contributed by atoms with Crippen LogP contribution in [0.4, 0.5) is 21.9 Å². The van der Waals surface area contributed by atoms with Crippen molar-refractivity contribution in [2.24, 2.45) is 22.1 Å². The van der Waals surface area contributed by atoms with E-state index in [2.05, 4.69) is 32.8 Å². The molecule has 406 valence electrons. The molecule has 76 heavy (non-hydrogen) atoms. The van der Waals surface area contributed by atoms with Crippen molar-refractivity contribution in [3.05, 3.63) is 77.4 Å². The first-order valence-electron chi connectivity index (χ1n) is 25.6. The van der Waals surface area contributed by atoms with Gasteiger partial charge in [-0.2, -0.15) is 0 Å². The number of methoxy groups -OCH3 is 2. The van der Waals surface area contributed by atoms with Crippen molar-refractivity contribution < 1.29 is 62.4 Å². The summed E-state index contributed by atoms with van der Waals surface area (Å²) in [4.78, 5) is 101. The van der Waals surface area contributed by atoms with E-state index < -0.39 is 54.1 Å². The average molecular weight is 1050 g/mol. The van der Waals surface area contributed by atoms with Gasteiger partial charge in [0, 0.05) is 37.1 Å². The second-order valence-corrected chi connectivity index (χ2v) is 20.3. The third kappa shape index (κ3) is 12.2. The number of nitrogens with two attached hydrogens (primary N) is 1. The van der Waals surface area contributed by atoms with Crippen molar-refractivity contribution in [1.29, 1.82) is 0 Å². The Hall–Kier alpha value is -7.72. The van der Waals surface area contributed by atoms with Crippen LogP contribution in [0, 0.1) is 11.3 Å². The Morgan fingerprint density at radius 1 is 0.842 bits per heavy atom. The zero-order valence-corrected chi connectivity index (χ0v) is 43.5. The van der Waals surface area contributed by atoms with Crippen molar-refractivity contribution in [3.63, 3.8) is 0 Å². The van der Waals surface area contributed by atoms with Crippen molar-refractivity contribution in [2.45, 2.75) is 103 Å². The lowest BCUT2D eigenvalue weighted by atomic mass is 10.0. The van der Waals surface area contributed by atoms with Crippen molar-refractivity contribution >= 4 is 64.8 Å². The maximum atomic E-state index is 14.3. The van der Waals surface area contributed by atoms with E-state index >= 15 is 0 Å². The Bertz CT molecular complexity index is 2780. The molecule has 1 spiro atoms. The number of hydrogen-bond acceptors (Lipinski definition) is 15. The highest BCUT2D eigenvalue weighted by molar-refractivity contribution is 6.06. The van der Waals surface area contributed by atoms with Crippen molar-refractivity contribution in [2.75, 3.05) is 63.8 Å². The van der Waals surface area contributed by atoms with E-state index in [4.69, 9.17) is 29.4 Å². The first-order chi connectivity index (χ1) is 36.4. The minimum Gasteiger partial charge on any atom is -0.493 e. The van der Waals surface area contributed by atoms with E-state index in [1.54, 1.807) is 66.3 Å². The number of nitrogens with zero attached hydrogens (tertiary/aromatic N) is 4. The minimum atomic E-state index is -1.45. The molecule has 3 aromatic rings. The molecule has 3 fully saturated rings. The quantitative estimate of drug-likeness (QED) is 0.0651. The number of anilines is 2. The van der Waals surface area contributed by atoms with E-state index in [-0.39, 0.29) is 78.2 Å². The summed E-state index contributed by atoms with van der Waals surface area (Å²) in [5, 5.41) is 22.3. The van der Waals surface area contributed by atoms with Crippen LogP contribution in [-0.4, -0.2) is 147 Å². The highest BCUT2D eigenvalue weighted by Gasteiger charge is 2.58. The van der Waals surface area contributed by atoms with E-state index in [1.165, 1.54) is 33.3 Å². The summed E-state index contributed by atoms with van der Waals surface area (Å²) in [6, 6.07) is 10.1. The first kappa shape index (κ1) is 54.5. The maximum absolute atomic E-state index is 14.3. The molecule has 0 bridgehead atoms. The van der Waals surface area contributed by atoms with E-state index in [0.717, 1.165) is 23.3 Å². The summed E-state index contributed by atoms with van der Waals surface area (Å²) in [7, 11) is 2.98. The minimum absolute atomic E-state index is 0.106. The molecule has 3 aromatic carbocycles. The Morgan fingerprint density at radius 3 is 2.14 bits per heavy atom. The zero-order valence-electron chi connectivity index (χ0n) is 43.5. The molecule has 5 aliphatic rings. The maximum Gasteiger partial charge on any atom is 0.416 e. The molecule has 2 saturated heterocycles. The predicted molar refractivity (Wildman–Crippen MR) is 279 cm³/mol. The number of benzene rings is 3. The van der Waals surface area contributed by atoms with Gasteiger partial charge in [-0.1, -0.05) is 38.1 Å². The van der Waals surface area contributed by atoms with Gasteiger partial charge in [-0.05, 0) is 93.0 Å². The standard InChI is InChI=1S/C54H67N9O13/c1-30(2)47(60-46(65)26-57-45(64)24-55)49(67)58-32(4)48(66)59-34-12-10-33(11-13-34)28-76-53(71)63-39-22-44(42(73-6)20-37(39)51(69)62-29-54(14-15-54)23-40(62)52(63)70)75-17-9-7-8-16-74-43-21-38-36(19-41(43)72-5)50(68)61-27-31(3)18-35(61)25-56-38/h10-13,19-22,25,30,32,35,40,47,52,70H,3,7-9,14-18,23-24,26-29,55H2,1-2,4-6H3,(H,57,64)(H,58,67)(H,59,66)(H,60,65)/t32-,35-,40-,47-,52?/m0/s1. The largest absolute Gasteiger partial charge is 0.493 e. The fourth-order valence-electron chi connectivity index (χ4n) is 9.87. The van der Waals surface area contributed by atoms with Gasteiger partial charge in [0.25, 0.3) is 11.8 Å². The molecule has 1 aliphatic carbocycles. The molecule has 4 heterocycles. The van der Waals surface area contributed by atoms with Gasteiger partial charge in [0.1, 0.15) is 18.7 Å². The second-order valence-electron chi connectivity index (χ2n) is 20.3. The summed E-state index contributed by atoms with van der Waals surface area (Å²) in [6.07, 6.45) is 4.43. The van der Waals surface area contributed by atoms with Crippen LogP contribution in [0.5, 0.6) is 23.0 Å². The van der Waals surface area contributed by atoms with Gasteiger partial charge >= 0.3 is 6.09 Å². The van der Waals surface area contributed by atoms with Gasteiger partial charge in [0.15, 0.2) is 29.2 Å². The molecule has 1 saturated carbocycles. The van der Waals surface area contributed by atoms with Gasteiger partial charge in [-0.25, -0.2) is 9.69 Å². The zero-order chi connectivity index (χ0) is 54.4. The summed E-state index contributed by atoms with van der Waals surface area (Å²) >= 11 is 0. The van der Waals surface area contributed by atoms with Crippen LogP contribution in [-0.2, 0) is 30.5 Å². The number of hydrogen-bond donors (Lipinski definition) is 6. The first-order valence-corrected chi connectivity index (χ1v) is 25.6. The SMILES string of the molecule is C=C1C[C@H]2C=Nc3cc(OCCCCCOc4cc5c(cc4OC)C(=O)N4CC6(CC6)C[C@H]4C(O)N5C(=O)OCc4ccc(NC(=O)[C@H](C)NC(=O)[C@@H](NC(=O)CNC(=O)CN)C(C)C)cc4)c(OC)cc3C(=O)N2C1. The smallest absolute Gasteiger partial charge is 0.416 e. The monoisotopic (exact) mass is 1050 g/mol. The molecule has 4 aliphatic heterocycles. The molecule has 22 nitrogen and oxygen atoms in total. The fraction of sp³-hybridized carbons (Fsp3) is 0.481. The third-order valence-corrected chi connectivity index (χ3v) is 14.3. The number of fused-ring (bicyclic) bond motifs is 4. The van der Waals surface area contributed by atoms with E-state index in [9.17, 15) is 38.7 Å². The Labute approximate surface area is 440 Å². The topological polar surface area (TPSA) is 282 Å². The molecular weight excluding hydrogens is 983 g/mol. The average Bonchev–Trinajstić information content (AvgIpc) is 4.00. The molecule has 7 amide bonds. The van der Waals surface area contributed by atoms with Crippen LogP contribution < -0.4 is 50.8 Å². The number of carbonyl (C=O) groups is 7. The van der Waals surface area contributed by atoms with E-state index in [0.29, 0.717) is 85.8 Å². The molecule has 8 rings (SSSR count). The Balaban J connectivity index is 0.872. The van der Waals surface area contributed by atoms with Crippen molar-refractivity contribution in [3.8, 4) is 23.0 Å². The van der Waals surface area contributed by atoms with Gasteiger partial charge in [-0.3, -0.25) is 33.8 Å². The van der Waals surface area contributed by atoms with Crippen LogP contribution in [0.25, 0.3) is 0 Å². The van der Waals surface area contributed by atoms with Crippen molar-refractivity contribution in [1.82, 2.24) is 25.8 Å². The molecule has 22 heteroatoms. The number of nitrogens with one attached hydrogen (secondary N) is 4. The number of aliphatic imine (C=N–C) groups is 1. The fourth-order valence-corrected chi connectivity index (χ4v) is 9.87. The second kappa shape index (κ2) is 23.4. The molecule has 0 aromatic heterocycles. The molecule has 1 unspecified atom stereocenters. The van der Waals surface area contributed by atoms with Gasteiger partial charge in [0.05, 0.1) is 75.1 Å². The summed E-state index contributed by atoms with van der Waals surface area (Å²) in [5.41, 5.74) is 8.28. The molecule has 0 radical (unpaired) electrons. The number of unbranched alkanes of at least 4 members (excludes halogenated alkanes) is 2. The highest BCUT2D eigenvalue weighted by atomic mass is 16.6. The molecule has 7 N–H and O–H groups in total. The van der Waals surface area contributed by atoms with Gasteiger partial charge < -0.3 is 65.6 Å². The number of aliphatic hydroxyl groups excluding tert-OH is 1. The summed E-state index contributed by atoms with van der Waals surface area (Å²) < 4.78 is 29.5.